The maximum atomic E-state index is 13.4. The first-order chi connectivity index (χ1) is 16.6. The quantitative estimate of drug-likeness (QED) is 0.555. The van der Waals surface area contributed by atoms with Gasteiger partial charge in [0.25, 0.3) is 0 Å². The Kier molecular flexibility index (Phi) is 7.06. The summed E-state index contributed by atoms with van der Waals surface area (Å²) in [5.74, 6) is -0.579. The zero-order valence-corrected chi connectivity index (χ0v) is 21.2. The molecule has 1 saturated heterocycles. The van der Waals surface area contributed by atoms with Crippen LogP contribution in [0.15, 0.2) is 46.2 Å². The zero-order chi connectivity index (χ0) is 25.5. The van der Waals surface area contributed by atoms with E-state index in [0.717, 1.165) is 54.5 Å². The maximum Gasteiger partial charge on any atom is 0.338 e. The number of aliphatic hydroxyl groups is 1. The number of nitrogens with zero attached hydrogens (tertiary/aromatic N) is 2. The molecule has 1 saturated carbocycles. The molecule has 35 heavy (non-hydrogen) atoms. The van der Waals surface area contributed by atoms with Crippen LogP contribution in [0, 0.1) is 5.41 Å². The summed E-state index contributed by atoms with van der Waals surface area (Å²) in [6, 6.07) is 0.280. The molecule has 1 N–H and O–H groups in total. The number of carbonyl (C=O) groups is 3. The van der Waals surface area contributed by atoms with E-state index in [9.17, 15) is 19.5 Å². The molecule has 0 aromatic rings. The van der Waals surface area contributed by atoms with Gasteiger partial charge in [0.2, 0.25) is 5.91 Å². The number of carbonyl (C=O) groups excluding carboxylic acids is 3. The number of likely N-dealkylation sites (tertiary alicyclic amines) is 1. The highest BCUT2D eigenvalue weighted by molar-refractivity contribution is 5.96. The van der Waals surface area contributed by atoms with Gasteiger partial charge in [-0.3, -0.25) is 4.79 Å². The number of esters is 2. The van der Waals surface area contributed by atoms with Gasteiger partial charge in [0.15, 0.2) is 0 Å². The Morgan fingerprint density at radius 2 is 1.83 bits per heavy atom. The van der Waals surface area contributed by atoms with Crippen molar-refractivity contribution in [2.75, 3.05) is 33.4 Å². The van der Waals surface area contributed by atoms with Crippen molar-refractivity contribution in [2.24, 2.45) is 5.41 Å². The molecule has 4 rings (SSSR count). The van der Waals surface area contributed by atoms with Crippen molar-refractivity contribution in [2.45, 2.75) is 65.0 Å². The van der Waals surface area contributed by atoms with Crippen molar-refractivity contribution in [1.82, 2.24) is 9.80 Å². The summed E-state index contributed by atoms with van der Waals surface area (Å²) in [6.07, 6.45) is 5.01. The van der Waals surface area contributed by atoms with Crippen LogP contribution in [0.25, 0.3) is 0 Å². The highest BCUT2D eigenvalue weighted by atomic mass is 16.5. The predicted molar refractivity (Wildman–Crippen MR) is 130 cm³/mol. The molecule has 190 valence electrons. The van der Waals surface area contributed by atoms with Crippen LogP contribution in [0.3, 0.4) is 0 Å². The third-order valence-corrected chi connectivity index (χ3v) is 8.55. The monoisotopic (exact) mass is 484 g/mol. The van der Waals surface area contributed by atoms with E-state index in [1.54, 1.807) is 11.8 Å². The Hall–Kier alpha value is -2.71. The van der Waals surface area contributed by atoms with Gasteiger partial charge in [0.05, 0.1) is 28.4 Å². The van der Waals surface area contributed by atoms with Gasteiger partial charge in [-0.05, 0) is 71.1 Å². The summed E-state index contributed by atoms with van der Waals surface area (Å²) in [5, 5.41) is 10.9. The van der Waals surface area contributed by atoms with E-state index in [1.807, 2.05) is 20.9 Å². The van der Waals surface area contributed by atoms with Crippen LogP contribution >= 0.6 is 0 Å². The lowest BCUT2D eigenvalue weighted by molar-refractivity contribution is -0.138. The van der Waals surface area contributed by atoms with E-state index in [0.29, 0.717) is 24.2 Å². The molecule has 0 unspecified atom stereocenters. The van der Waals surface area contributed by atoms with Crippen LogP contribution in [-0.4, -0.2) is 78.2 Å². The SMILES string of the molecule is C=CC1=C(/C(C)=C(\C)[C@@H](O)CN(C)[C@H]2CC[C@]3(CCN(C4=C(C)C(=O)OC4)C3=O)CC2)COC1=O. The first-order valence-corrected chi connectivity index (χ1v) is 12.4. The molecule has 3 aliphatic heterocycles. The van der Waals surface area contributed by atoms with Gasteiger partial charge in [0.1, 0.15) is 13.2 Å². The maximum absolute atomic E-state index is 13.4. The van der Waals surface area contributed by atoms with Crippen molar-refractivity contribution in [3.63, 3.8) is 0 Å². The number of hydrogen-bond donors (Lipinski definition) is 1. The van der Waals surface area contributed by atoms with Crippen LogP contribution in [0.1, 0.15) is 52.9 Å². The number of hydrogen-bond acceptors (Lipinski definition) is 7. The van der Waals surface area contributed by atoms with Gasteiger partial charge in [-0.1, -0.05) is 12.7 Å². The number of rotatable bonds is 7. The highest BCUT2D eigenvalue weighted by Gasteiger charge is 2.50. The molecule has 0 aromatic heterocycles. The molecule has 8 nitrogen and oxygen atoms in total. The lowest BCUT2D eigenvalue weighted by Gasteiger charge is -2.40. The predicted octanol–water partition coefficient (Wildman–Crippen LogP) is 2.65. The lowest BCUT2D eigenvalue weighted by Crippen LogP contribution is -2.44. The van der Waals surface area contributed by atoms with Crippen molar-refractivity contribution < 1.29 is 29.0 Å². The van der Waals surface area contributed by atoms with Crippen LogP contribution in [-0.2, 0) is 23.9 Å². The molecular weight excluding hydrogens is 448 g/mol. The zero-order valence-electron chi connectivity index (χ0n) is 21.2. The van der Waals surface area contributed by atoms with Gasteiger partial charge in [-0.15, -0.1) is 0 Å². The molecule has 0 bridgehead atoms. The highest BCUT2D eigenvalue weighted by Crippen LogP contribution is 2.47. The topological polar surface area (TPSA) is 96.4 Å². The largest absolute Gasteiger partial charge is 0.457 e. The third-order valence-electron chi connectivity index (χ3n) is 8.55. The number of aliphatic hydroxyl groups excluding tert-OH is 1. The minimum atomic E-state index is -0.677. The van der Waals surface area contributed by atoms with E-state index in [2.05, 4.69) is 11.5 Å². The van der Waals surface area contributed by atoms with E-state index in [4.69, 9.17) is 9.47 Å². The Morgan fingerprint density at radius 3 is 2.43 bits per heavy atom. The Bertz CT molecular complexity index is 1040. The molecule has 8 heteroatoms. The van der Waals surface area contributed by atoms with Gasteiger partial charge in [-0.2, -0.15) is 0 Å². The normalized spacial score (nSPS) is 28.8. The molecule has 0 radical (unpaired) electrons. The minimum absolute atomic E-state index is 0.125. The summed E-state index contributed by atoms with van der Waals surface area (Å²) in [4.78, 5) is 40.9. The van der Waals surface area contributed by atoms with Crippen molar-refractivity contribution in [3.05, 3.63) is 46.2 Å². The minimum Gasteiger partial charge on any atom is -0.457 e. The molecule has 0 aromatic carbocycles. The molecular formula is C27H36N2O6. The van der Waals surface area contributed by atoms with Crippen LogP contribution in [0.4, 0.5) is 0 Å². The van der Waals surface area contributed by atoms with Gasteiger partial charge >= 0.3 is 11.9 Å². The Morgan fingerprint density at radius 1 is 1.17 bits per heavy atom. The average Bonchev–Trinajstić information content (AvgIpc) is 3.49. The van der Waals surface area contributed by atoms with Crippen LogP contribution < -0.4 is 0 Å². The molecule has 3 heterocycles. The Labute approximate surface area is 206 Å². The van der Waals surface area contributed by atoms with Crippen molar-refractivity contribution >= 4 is 17.8 Å². The second kappa shape index (κ2) is 9.74. The van der Waals surface area contributed by atoms with Gasteiger partial charge < -0.3 is 24.4 Å². The summed E-state index contributed by atoms with van der Waals surface area (Å²) >= 11 is 0. The number of amides is 1. The first kappa shape index (κ1) is 25.4. The Balaban J connectivity index is 1.36. The molecule has 1 amide bonds. The second-order valence-corrected chi connectivity index (χ2v) is 10.3. The fourth-order valence-corrected chi connectivity index (χ4v) is 5.87. The summed E-state index contributed by atoms with van der Waals surface area (Å²) in [7, 11) is 2.02. The molecule has 4 aliphatic rings. The summed E-state index contributed by atoms with van der Waals surface area (Å²) in [6.45, 7) is 10.7. The standard InChI is InChI=1S/C27H36N2O6/c1-6-20-21(14-34-25(20)32)16(2)17(3)23(30)13-28(5)19-7-9-27(10-8-19)11-12-29(26(27)33)22-15-35-24(31)18(22)4/h6,19,23,30H,1,7-15H2,2-5H3/b17-16+/t19-,23-,27+/m0/s1. The second-order valence-electron chi connectivity index (χ2n) is 10.3. The van der Waals surface area contributed by atoms with E-state index >= 15 is 0 Å². The van der Waals surface area contributed by atoms with E-state index in [1.165, 1.54) is 6.08 Å². The van der Waals surface area contributed by atoms with Crippen molar-refractivity contribution in [3.8, 4) is 0 Å². The fraction of sp³-hybridized carbons (Fsp3) is 0.593. The first-order valence-electron chi connectivity index (χ1n) is 12.4. The average molecular weight is 485 g/mol. The molecule has 2 fully saturated rings. The number of cyclic esters (lactones) is 2. The fourth-order valence-electron chi connectivity index (χ4n) is 5.87. The van der Waals surface area contributed by atoms with E-state index in [-0.39, 0.29) is 42.5 Å². The van der Waals surface area contributed by atoms with Gasteiger partial charge in [0, 0.05) is 24.7 Å². The van der Waals surface area contributed by atoms with Gasteiger partial charge in [-0.25, -0.2) is 9.59 Å². The molecule has 1 atom stereocenters. The lowest BCUT2D eigenvalue weighted by atomic mass is 9.71. The summed E-state index contributed by atoms with van der Waals surface area (Å²) < 4.78 is 10.2. The number of likely N-dealkylation sites (N-methyl/N-ethyl adjacent to an activating group) is 1. The van der Waals surface area contributed by atoms with Crippen LogP contribution in [0.2, 0.25) is 0 Å². The number of ether oxygens (including phenoxy) is 2. The third kappa shape index (κ3) is 4.49. The summed E-state index contributed by atoms with van der Waals surface area (Å²) in [5.41, 5.74) is 3.84. The van der Waals surface area contributed by atoms with Crippen LogP contribution in [0.5, 0.6) is 0 Å². The van der Waals surface area contributed by atoms with Crippen molar-refractivity contribution in [1.29, 1.82) is 0 Å². The van der Waals surface area contributed by atoms with E-state index < -0.39 is 6.10 Å². The molecule has 1 spiro atoms. The smallest absolute Gasteiger partial charge is 0.338 e. The molecule has 1 aliphatic carbocycles.